The highest BCUT2D eigenvalue weighted by atomic mass is 35.5. The van der Waals surface area contributed by atoms with Crippen LogP contribution in [0.15, 0.2) is 23.1 Å². The summed E-state index contributed by atoms with van der Waals surface area (Å²) in [6, 6.07) is 5.70. The van der Waals surface area contributed by atoms with Crippen molar-refractivity contribution in [1.29, 1.82) is 5.26 Å². The van der Waals surface area contributed by atoms with Gasteiger partial charge < -0.3 is 14.4 Å². The summed E-state index contributed by atoms with van der Waals surface area (Å²) < 4.78 is 38.0. The van der Waals surface area contributed by atoms with Crippen molar-refractivity contribution in [2.45, 2.75) is 37.4 Å². The molecule has 1 fully saturated rings. The van der Waals surface area contributed by atoms with Crippen LogP contribution < -0.4 is 0 Å². The number of nitriles is 1. The highest BCUT2D eigenvalue weighted by Crippen LogP contribution is 2.28. The van der Waals surface area contributed by atoms with Gasteiger partial charge in [0.2, 0.25) is 10.0 Å². The van der Waals surface area contributed by atoms with Crippen molar-refractivity contribution in [2.75, 3.05) is 33.3 Å². The van der Waals surface area contributed by atoms with E-state index in [-0.39, 0.29) is 53.7 Å². The van der Waals surface area contributed by atoms with Crippen molar-refractivity contribution in [3.8, 4) is 6.07 Å². The summed E-state index contributed by atoms with van der Waals surface area (Å²) in [7, 11) is -2.47. The number of rotatable bonds is 7. The zero-order valence-electron chi connectivity index (χ0n) is 17.0. The normalized spacial score (nSPS) is 19.7. The molecule has 1 aliphatic rings. The van der Waals surface area contributed by atoms with E-state index in [0.29, 0.717) is 0 Å². The zero-order valence-corrected chi connectivity index (χ0v) is 18.6. The Hall–Kier alpha value is -2.19. The molecule has 0 radical (unpaired) electrons. The molecule has 2 atom stereocenters. The van der Waals surface area contributed by atoms with E-state index in [9.17, 15) is 18.0 Å². The van der Waals surface area contributed by atoms with Gasteiger partial charge >= 0.3 is 5.97 Å². The van der Waals surface area contributed by atoms with Gasteiger partial charge in [0.15, 0.2) is 6.61 Å². The molecule has 2 unspecified atom stereocenters. The van der Waals surface area contributed by atoms with Gasteiger partial charge in [-0.2, -0.15) is 9.57 Å². The smallest absolute Gasteiger partial charge is 0.338 e. The van der Waals surface area contributed by atoms with Gasteiger partial charge in [0.25, 0.3) is 5.91 Å². The minimum atomic E-state index is -3.96. The summed E-state index contributed by atoms with van der Waals surface area (Å²) in [5.74, 6) is -1.33. The minimum absolute atomic E-state index is 0.0225. The third-order valence-electron chi connectivity index (χ3n) is 4.48. The molecule has 164 valence electrons. The molecule has 0 aliphatic carbocycles. The Morgan fingerprint density at radius 2 is 1.97 bits per heavy atom. The van der Waals surface area contributed by atoms with Crippen LogP contribution in [0.3, 0.4) is 0 Å². The third kappa shape index (κ3) is 5.92. The van der Waals surface area contributed by atoms with Gasteiger partial charge in [-0.15, -0.1) is 0 Å². The lowest BCUT2D eigenvalue weighted by molar-refractivity contribution is -0.133. The van der Waals surface area contributed by atoms with E-state index in [4.69, 9.17) is 26.3 Å². The fraction of sp³-hybridized carbons (Fsp3) is 0.526. The fourth-order valence-electron chi connectivity index (χ4n) is 2.96. The number of esters is 1. The predicted octanol–water partition coefficient (Wildman–Crippen LogP) is 1.67. The SMILES string of the molecule is CC1CN(S(=O)(=O)c2cc(C(=O)OCC(=O)N(C)CCC#N)ccc2Cl)CC(C)O1. The molecule has 11 heteroatoms. The highest BCUT2D eigenvalue weighted by Gasteiger charge is 2.34. The van der Waals surface area contributed by atoms with Crippen LogP contribution in [-0.2, 0) is 24.3 Å². The lowest BCUT2D eigenvalue weighted by Crippen LogP contribution is -2.48. The first kappa shape index (κ1) is 24.1. The second-order valence-electron chi connectivity index (χ2n) is 7.02. The minimum Gasteiger partial charge on any atom is -0.452 e. The molecule has 0 spiro atoms. The van der Waals surface area contributed by atoms with Crippen LogP contribution in [0.5, 0.6) is 0 Å². The molecule has 9 nitrogen and oxygen atoms in total. The first-order valence-electron chi connectivity index (χ1n) is 9.29. The number of carbonyl (C=O) groups is 2. The number of amides is 1. The van der Waals surface area contributed by atoms with E-state index in [2.05, 4.69) is 0 Å². The van der Waals surface area contributed by atoms with E-state index in [1.807, 2.05) is 6.07 Å². The number of carbonyl (C=O) groups excluding carboxylic acids is 2. The summed E-state index contributed by atoms with van der Waals surface area (Å²) in [6.07, 6.45) is -0.396. The van der Waals surface area contributed by atoms with Crippen LogP contribution >= 0.6 is 11.6 Å². The maximum atomic E-state index is 13.1. The number of benzene rings is 1. The number of ether oxygens (including phenoxy) is 2. The van der Waals surface area contributed by atoms with Crippen LogP contribution in [0.25, 0.3) is 0 Å². The molecule has 0 saturated carbocycles. The monoisotopic (exact) mass is 457 g/mol. The summed E-state index contributed by atoms with van der Waals surface area (Å²) in [4.78, 5) is 25.3. The molecule has 2 rings (SSSR count). The number of sulfonamides is 1. The average molecular weight is 458 g/mol. The number of likely N-dealkylation sites (N-methyl/N-ethyl adjacent to an activating group) is 1. The number of hydrogen-bond donors (Lipinski definition) is 0. The standard InChI is InChI=1S/C19H24ClN3O6S/c1-13-10-23(11-14(2)29-13)30(26,27)17-9-15(5-6-16(17)20)19(25)28-12-18(24)22(3)8-4-7-21/h5-6,9,13-14H,4,8,10-12H2,1-3H3. The van der Waals surface area contributed by atoms with Crippen molar-refractivity contribution in [1.82, 2.24) is 9.21 Å². The molecule has 0 bridgehead atoms. The average Bonchev–Trinajstić information content (AvgIpc) is 2.69. The Labute approximate surface area is 181 Å². The lowest BCUT2D eigenvalue weighted by Gasteiger charge is -2.34. The van der Waals surface area contributed by atoms with E-state index in [1.54, 1.807) is 13.8 Å². The highest BCUT2D eigenvalue weighted by molar-refractivity contribution is 7.89. The molecule has 1 aromatic carbocycles. The first-order valence-corrected chi connectivity index (χ1v) is 11.1. The predicted molar refractivity (Wildman–Crippen MR) is 108 cm³/mol. The van der Waals surface area contributed by atoms with Crippen molar-refractivity contribution in [2.24, 2.45) is 0 Å². The molecule has 1 heterocycles. The Morgan fingerprint density at radius 3 is 2.57 bits per heavy atom. The van der Waals surface area contributed by atoms with E-state index >= 15 is 0 Å². The first-order chi connectivity index (χ1) is 14.1. The van der Waals surface area contributed by atoms with Crippen LogP contribution in [0.4, 0.5) is 0 Å². The fourth-order valence-corrected chi connectivity index (χ4v) is 5.05. The second-order valence-corrected chi connectivity index (χ2v) is 9.34. The van der Waals surface area contributed by atoms with Crippen molar-refractivity contribution in [3.05, 3.63) is 28.8 Å². The van der Waals surface area contributed by atoms with Crippen LogP contribution in [0.1, 0.15) is 30.6 Å². The summed E-state index contributed by atoms with van der Waals surface area (Å²) in [5, 5.41) is 8.53. The molecule has 1 aliphatic heterocycles. The van der Waals surface area contributed by atoms with Gasteiger partial charge in [0.1, 0.15) is 4.90 Å². The van der Waals surface area contributed by atoms with Crippen molar-refractivity contribution >= 4 is 33.5 Å². The van der Waals surface area contributed by atoms with Gasteiger partial charge in [-0.3, -0.25) is 4.79 Å². The number of nitrogens with zero attached hydrogens (tertiary/aromatic N) is 3. The molecule has 0 aromatic heterocycles. The summed E-state index contributed by atoms with van der Waals surface area (Å²) in [6.45, 7) is 3.58. The third-order valence-corrected chi connectivity index (χ3v) is 6.80. The number of hydrogen-bond acceptors (Lipinski definition) is 7. The molecule has 1 saturated heterocycles. The maximum Gasteiger partial charge on any atom is 0.338 e. The van der Waals surface area contributed by atoms with Gasteiger partial charge in [-0.25, -0.2) is 13.2 Å². The topological polar surface area (TPSA) is 117 Å². The Morgan fingerprint density at radius 1 is 1.33 bits per heavy atom. The molecular weight excluding hydrogens is 434 g/mol. The van der Waals surface area contributed by atoms with Crippen LogP contribution in [0, 0.1) is 11.3 Å². The Bertz CT molecular complexity index is 936. The largest absolute Gasteiger partial charge is 0.452 e. The maximum absolute atomic E-state index is 13.1. The van der Waals surface area contributed by atoms with Crippen molar-refractivity contribution < 1.29 is 27.5 Å². The van der Waals surface area contributed by atoms with Crippen LogP contribution in [0.2, 0.25) is 5.02 Å². The van der Waals surface area contributed by atoms with E-state index in [0.717, 1.165) is 6.07 Å². The summed E-state index contributed by atoms with van der Waals surface area (Å²) >= 11 is 6.12. The van der Waals surface area contributed by atoms with Gasteiger partial charge in [-0.05, 0) is 32.0 Å². The van der Waals surface area contributed by atoms with Gasteiger partial charge in [0, 0.05) is 26.7 Å². The lowest BCUT2D eigenvalue weighted by atomic mass is 10.2. The summed E-state index contributed by atoms with van der Waals surface area (Å²) in [5.41, 5.74) is -0.0418. The molecule has 0 N–H and O–H groups in total. The molecular formula is C19H24ClN3O6S. The van der Waals surface area contributed by atoms with E-state index in [1.165, 1.54) is 28.4 Å². The van der Waals surface area contributed by atoms with Gasteiger partial charge in [-0.1, -0.05) is 11.6 Å². The molecule has 1 aromatic rings. The second kappa shape index (κ2) is 10.2. The van der Waals surface area contributed by atoms with Gasteiger partial charge in [0.05, 0.1) is 35.3 Å². The number of halogens is 1. The Balaban J connectivity index is 2.15. The zero-order chi connectivity index (χ0) is 22.5. The molecule has 30 heavy (non-hydrogen) atoms. The van der Waals surface area contributed by atoms with Crippen molar-refractivity contribution in [3.63, 3.8) is 0 Å². The molecule has 1 amide bonds. The number of morpholine rings is 1. The Kier molecular flexibility index (Phi) is 8.20. The quantitative estimate of drug-likeness (QED) is 0.571. The van der Waals surface area contributed by atoms with E-state index < -0.39 is 28.5 Å². The van der Waals surface area contributed by atoms with Crippen LogP contribution in [-0.4, -0.2) is 75.0 Å².